The Bertz CT molecular complexity index is 1110. The van der Waals surface area contributed by atoms with Gasteiger partial charge in [-0.05, 0) is 54.1 Å². The molecule has 150 valence electrons. The molecule has 0 amide bonds. The predicted molar refractivity (Wildman–Crippen MR) is 116 cm³/mol. The summed E-state index contributed by atoms with van der Waals surface area (Å²) < 4.78 is 39.2. The lowest BCUT2D eigenvalue weighted by molar-refractivity contribution is -0.165. The van der Waals surface area contributed by atoms with E-state index in [1.165, 1.54) is 0 Å². The Kier molecular flexibility index (Phi) is 6.76. The molecule has 0 bridgehead atoms. The van der Waals surface area contributed by atoms with Crippen LogP contribution in [-0.4, -0.2) is 12.0 Å². The predicted octanol–water partition coefficient (Wildman–Crippen LogP) is 6.43. The zero-order valence-corrected chi connectivity index (χ0v) is 17.1. The van der Waals surface area contributed by atoms with Gasteiger partial charge in [-0.1, -0.05) is 58.1 Å². The Labute approximate surface area is 180 Å². The first-order chi connectivity index (χ1) is 14.3. The van der Waals surface area contributed by atoms with Crippen molar-refractivity contribution in [2.75, 3.05) is 5.32 Å². The minimum atomic E-state index is -4.95. The number of rotatable bonds is 4. The lowest BCUT2D eigenvalue weighted by Crippen LogP contribution is -2.21. The second kappa shape index (κ2) is 9.47. The number of allylic oxidation sites excluding steroid dienone is 1. The van der Waals surface area contributed by atoms with E-state index in [0.29, 0.717) is 22.9 Å². The second-order valence-electron chi connectivity index (χ2n) is 6.25. The molecule has 0 unspecified atom stereocenters. The Balaban J connectivity index is 1.89. The molecule has 2 nitrogen and oxygen atoms in total. The maximum absolute atomic E-state index is 12.8. The third-order valence-corrected chi connectivity index (χ3v) is 4.53. The van der Waals surface area contributed by atoms with E-state index < -0.39 is 12.0 Å². The van der Waals surface area contributed by atoms with Gasteiger partial charge < -0.3 is 5.32 Å². The summed E-state index contributed by atoms with van der Waals surface area (Å²) in [6, 6.07) is 22.9. The van der Waals surface area contributed by atoms with E-state index in [4.69, 9.17) is 0 Å². The minimum absolute atomic E-state index is 0.0437. The van der Waals surface area contributed by atoms with Gasteiger partial charge in [0.25, 0.3) is 5.78 Å². The number of anilines is 1. The summed E-state index contributed by atoms with van der Waals surface area (Å²) in [5.41, 5.74) is 2.58. The number of carbonyl (C=O) groups excluding carboxylic acids is 1. The first kappa shape index (κ1) is 21.4. The summed E-state index contributed by atoms with van der Waals surface area (Å²) >= 11 is 3.30. The zero-order valence-electron chi connectivity index (χ0n) is 15.5. The van der Waals surface area contributed by atoms with Crippen molar-refractivity contribution in [3.8, 4) is 11.8 Å². The highest BCUT2D eigenvalue weighted by Crippen LogP contribution is 2.24. The number of hydrogen-bond acceptors (Lipinski definition) is 2. The van der Waals surface area contributed by atoms with Crippen molar-refractivity contribution in [3.63, 3.8) is 0 Å². The van der Waals surface area contributed by atoms with Gasteiger partial charge in [-0.3, -0.25) is 4.79 Å². The number of benzene rings is 3. The molecule has 3 aromatic carbocycles. The van der Waals surface area contributed by atoms with Crippen LogP contribution in [0, 0.1) is 11.8 Å². The van der Waals surface area contributed by atoms with Crippen LogP contribution in [0.15, 0.2) is 89.4 Å². The van der Waals surface area contributed by atoms with Crippen molar-refractivity contribution in [2.45, 2.75) is 6.18 Å². The van der Waals surface area contributed by atoms with Crippen LogP contribution in [0.3, 0.4) is 0 Å². The first-order valence-corrected chi connectivity index (χ1v) is 9.63. The van der Waals surface area contributed by atoms with Crippen LogP contribution in [0.2, 0.25) is 0 Å². The van der Waals surface area contributed by atoms with Gasteiger partial charge >= 0.3 is 6.18 Å². The number of nitrogens with one attached hydrogen (secondary N) is 1. The van der Waals surface area contributed by atoms with Gasteiger partial charge in [-0.2, -0.15) is 13.2 Å². The van der Waals surface area contributed by atoms with Gasteiger partial charge in [-0.25, -0.2) is 0 Å². The molecule has 30 heavy (non-hydrogen) atoms. The van der Waals surface area contributed by atoms with Crippen LogP contribution in [0.4, 0.5) is 18.9 Å². The van der Waals surface area contributed by atoms with Gasteiger partial charge in [0.2, 0.25) is 0 Å². The Hall–Kier alpha value is -3.30. The molecule has 0 aliphatic rings. The molecular weight excluding hydrogens is 455 g/mol. The van der Waals surface area contributed by atoms with Crippen LogP contribution >= 0.6 is 15.9 Å². The van der Waals surface area contributed by atoms with E-state index >= 15 is 0 Å². The van der Waals surface area contributed by atoms with Gasteiger partial charge in [-0.15, -0.1) is 0 Å². The summed E-state index contributed by atoms with van der Waals surface area (Å²) in [5, 5.41) is 2.89. The first-order valence-electron chi connectivity index (χ1n) is 8.84. The number of halogens is 4. The SMILES string of the molecule is O=C(/C=C(\Nc1ccc(Br)cc1)c1ccc(C#Cc2ccccc2)cc1)C(F)(F)F. The standard InChI is InChI=1S/C24H15BrF3NO/c25-20-12-14-21(15-13-20)29-22(16-23(30)24(26,27)28)19-10-8-18(9-11-19)7-6-17-4-2-1-3-5-17/h1-5,8-16,29H/b22-16-. The molecule has 0 heterocycles. The Morgan fingerprint density at radius 2 is 1.40 bits per heavy atom. The van der Waals surface area contributed by atoms with E-state index in [2.05, 4.69) is 33.1 Å². The fourth-order valence-corrected chi connectivity index (χ4v) is 2.76. The summed E-state index contributed by atoms with van der Waals surface area (Å²) in [7, 11) is 0. The maximum Gasteiger partial charge on any atom is 0.454 e. The molecule has 0 radical (unpaired) electrons. The summed E-state index contributed by atoms with van der Waals surface area (Å²) in [6.07, 6.45) is -4.39. The van der Waals surface area contributed by atoms with Crippen molar-refractivity contribution in [3.05, 3.63) is 106 Å². The summed E-state index contributed by atoms with van der Waals surface area (Å²) in [5.74, 6) is 4.09. The molecule has 6 heteroatoms. The molecule has 0 fully saturated rings. The fourth-order valence-electron chi connectivity index (χ4n) is 2.49. The lowest BCUT2D eigenvalue weighted by atomic mass is 10.1. The largest absolute Gasteiger partial charge is 0.454 e. The lowest BCUT2D eigenvalue weighted by Gasteiger charge is -2.12. The molecule has 0 atom stereocenters. The summed E-state index contributed by atoms with van der Waals surface area (Å²) in [4.78, 5) is 11.5. The van der Waals surface area contributed by atoms with Crippen LogP contribution in [0.5, 0.6) is 0 Å². The van der Waals surface area contributed by atoms with Gasteiger partial charge in [0.05, 0.1) is 0 Å². The molecular formula is C24H15BrF3NO. The number of ketones is 1. The highest BCUT2D eigenvalue weighted by atomic mass is 79.9. The van der Waals surface area contributed by atoms with E-state index in [-0.39, 0.29) is 5.70 Å². The minimum Gasteiger partial charge on any atom is -0.355 e. The van der Waals surface area contributed by atoms with Crippen LogP contribution in [-0.2, 0) is 4.79 Å². The molecule has 0 aliphatic carbocycles. The highest BCUT2D eigenvalue weighted by molar-refractivity contribution is 9.10. The van der Waals surface area contributed by atoms with Crippen LogP contribution < -0.4 is 5.32 Å². The average molecular weight is 470 g/mol. The van der Waals surface area contributed by atoms with Gasteiger partial charge in [0.1, 0.15) is 0 Å². The van der Waals surface area contributed by atoms with Crippen molar-refractivity contribution < 1.29 is 18.0 Å². The normalized spacial score (nSPS) is 11.4. The molecule has 0 aliphatic heterocycles. The van der Waals surface area contributed by atoms with E-state index in [9.17, 15) is 18.0 Å². The third kappa shape index (κ3) is 6.10. The molecule has 0 saturated carbocycles. The van der Waals surface area contributed by atoms with Crippen LogP contribution in [0.1, 0.15) is 16.7 Å². The number of alkyl halides is 3. The average Bonchev–Trinajstić information content (AvgIpc) is 2.74. The quantitative estimate of drug-likeness (QED) is 0.352. The van der Waals surface area contributed by atoms with Crippen molar-refractivity contribution in [1.29, 1.82) is 0 Å². The third-order valence-electron chi connectivity index (χ3n) is 4.00. The smallest absolute Gasteiger partial charge is 0.355 e. The number of hydrogen-bond donors (Lipinski definition) is 1. The van der Waals surface area contributed by atoms with E-state index in [1.807, 2.05) is 30.3 Å². The molecule has 0 aromatic heterocycles. The topological polar surface area (TPSA) is 29.1 Å². The van der Waals surface area contributed by atoms with Gasteiger partial charge in [0, 0.05) is 33.1 Å². The van der Waals surface area contributed by atoms with Crippen molar-refractivity contribution in [1.82, 2.24) is 0 Å². The molecule has 0 saturated heterocycles. The van der Waals surface area contributed by atoms with E-state index in [1.54, 1.807) is 48.5 Å². The fraction of sp³-hybridized carbons (Fsp3) is 0.0417. The summed E-state index contributed by atoms with van der Waals surface area (Å²) in [6.45, 7) is 0. The van der Waals surface area contributed by atoms with E-state index in [0.717, 1.165) is 10.0 Å². The van der Waals surface area contributed by atoms with Crippen LogP contribution in [0.25, 0.3) is 5.70 Å². The Morgan fingerprint density at radius 3 is 1.97 bits per heavy atom. The molecule has 3 aromatic rings. The molecule has 1 N–H and O–H groups in total. The second-order valence-corrected chi connectivity index (χ2v) is 7.16. The van der Waals surface area contributed by atoms with Crippen molar-refractivity contribution in [2.24, 2.45) is 0 Å². The zero-order chi connectivity index (χ0) is 21.6. The number of carbonyl (C=O) groups is 1. The monoisotopic (exact) mass is 469 g/mol. The highest BCUT2D eigenvalue weighted by Gasteiger charge is 2.36. The maximum atomic E-state index is 12.8. The van der Waals surface area contributed by atoms with Gasteiger partial charge in [0.15, 0.2) is 0 Å². The molecule has 0 spiro atoms. The van der Waals surface area contributed by atoms with Crippen molar-refractivity contribution >= 4 is 33.1 Å². The Morgan fingerprint density at radius 1 is 0.833 bits per heavy atom. The molecule has 3 rings (SSSR count).